The SMILES string of the molecule is CCCCC(CC)CNC(=NC)NCCc1nc(-c2ccco2)n[nH]1. The van der Waals surface area contributed by atoms with Gasteiger partial charge in [0.25, 0.3) is 0 Å². The maximum atomic E-state index is 5.30. The number of unbranched alkanes of at least 4 members (excludes halogenated alkanes) is 1. The van der Waals surface area contributed by atoms with E-state index in [1.807, 2.05) is 12.1 Å². The van der Waals surface area contributed by atoms with Gasteiger partial charge in [-0.15, -0.1) is 0 Å². The number of hydrogen-bond acceptors (Lipinski definition) is 4. The summed E-state index contributed by atoms with van der Waals surface area (Å²) < 4.78 is 5.30. The lowest BCUT2D eigenvalue weighted by atomic mass is 9.99. The molecule has 2 rings (SSSR count). The minimum absolute atomic E-state index is 0.587. The van der Waals surface area contributed by atoms with Gasteiger partial charge in [0.1, 0.15) is 5.82 Å². The summed E-state index contributed by atoms with van der Waals surface area (Å²) in [5.74, 6) is 3.61. The average Bonchev–Trinajstić information content (AvgIpc) is 3.31. The number of rotatable bonds is 10. The number of aliphatic imine (C=N–C) groups is 1. The van der Waals surface area contributed by atoms with E-state index in [0.29, 0.717) is 17.5 Å². The molecule has 0 saturated heterocycles. The third-order valence-corrected chi connectivity index (χ3v) is 4.25. The van der Waals surface area contributed by atoms with Gasteiger partial charge in [-0.2, -0.15) is 5.10 Å². The van der Waals surface area contributed by atoms with E-state index in [1.165, 1.54) is 25.7 Å². The number of furan rings is 1. The lowest BCUT2D eigenvalue weighted by Gasteiger charge is -2.17. The van der Waals surface area contributed by atoms with Crippen molar-refractivity contribution in [2.24, 2.45) is 10.9 Å². The zero-order chi connectivity index (χ0) is 17.9. The van der Waals surface area contributed by atoms with Crippen molar-refractivity contribution in [2.45, 2.75) is 46.0 Å². The molecule has 1 unspecified atom stereocenters. The molecular formula is C18H30N6O. The van der Waals surface area contributed by atoms with Crippen molar-refractivity contribution in [1.82, 2.24) is 25.8 Å². The molecule has 0 spiro atoms. The zero-order valence-corrected chi connectivity index (χ0v) is 15.5. The number of aromatic amines is 1. The Morgan fingerprint density at radius 3 is 2.92 bits per heavy atom. The van der Waals surface area contributed by atoms with Crippen molar-refractivity contribution in [3.63, 3.8) is 0 Å². The first kappa shape index (κ1) is 19.0. The molecule has 0 fully saturated rings. The van der Waals surface area contributed by atoms with Crippen LogP contribution in [0.1, 0.15) is 45.4 Å². The van der Waals surface area contributed by atoms with E-state index in [-0.39, 0.29) is 0 Å². The first-order valence-corrected chi connectivity index (χ1v) is 9.16. The molecule has 7 nitrogen and oxygen atoms in total. The summed E-state index contributed by atoms with van der Waals surface area (Å²) in [6, 6.07) is 3.67. The molecule has 0 saturated carbocycles. The smallest absolute Gasteiger partial charge is 0.216 e. The highest BCUT2D eigenvalue weighted by atomic mass is 16.3. The second-order valence-corrected chi connectivity index (χ2v) is 6.13. The number of H-pyrrole nitrogens is 1. The summed E-state index contributed by atoms with van der Waals surface area (Å²) in [6.45, 7) is 6.18. The van der Waals surface area contributed by atoms with Crippen LogP contribution < -0.4 is 10.6 Å². The van der Waals surface area contributed by atoms with Gasteiger partial charge in [-0.1, -0.05) is 33.1 Å². The Labute approximate surface area is 149 Å². The fourth-order valence-corrected chi connectivity index (χ4v) is 2.63. The van der Waals surface area contributed by atoms with Crippen molar-refractivity contribution < 1.29 is 4.42 Å². The quantitative estimate of drug-likeness (QED) is 0.454. The number of aromatic nitrogens is 3. The molecule has 3 N–H and O–H groups in total. The van der Waals surface area contributed by atoms with E-state index in [0.717, 1.165) is 31.3 Å². The minimum Gasteiger partial charge on any atom is -0.461 e. The van der Waals surface area contributed by atoms with Crippen molar-refractivity contribution in [1.29, 1.82) is 0 Å². The van der Waals surface area contributed by atoms with Crippen LogP contribution >= 0.6 is 0 Å². The van der Waals surface area contributed by atoms with E-state index in [2.05, 4.69) is 44.7 Å². The Morgan fingerprint density at radius 1 is 1.36 bits per heavy atom. The van der Waals surface area contributed by atoms with Gasteiger partial charge in [-0.3, -0.25) is 10.1 Å². The standard InChI is InChI=1S/C18H30N6O/c1-4-6-8-14(5-2)13-21-18(19-3)20-11-10-16-22-17(24-23-16)15-9-7-12-25-15/h7,9,12,14H,4-6,8,10-11,13H2,1-3H3,(H2,19,20,21)(H,22,23,24). The molecule has 2 heterocycles. The van der Waals surface area contributed by atoms with Gasteiger partial charge in [0, 0.05) is 26.6 Å². The molecular weight excluding hydrogens is 316 g/mol. The Kier molecular flexibility index (Phi) is 8.01. The van der Waals surface area contributed by atoms with Crippen molar-refractivity contribution in [3.05, 3.63) is 24.2 Å². The Bertz CT molecular complexity index is 619. The molecule has 2 aromatic heterocycles. The molecule has 0 bridgehead atoms. The predicted molar refractivity (Wildman–Crippen MR) is 100 cm³/mol. The first-order chi connectivity index (χ1) is 12.3. The van der Waals surface area contributed by atoms with Gasteiger partial charge >= 0.3 is 0 Å². The lowest BCUT2D eigenvalue weighted by Crippen LogP contribution is -2.40. The third kappa shape index (κ3) is 6.25. The average molecular weight is 346 g/mol. The maximum Gasteiger partial charge on any atom is 0.216 e. The second kappa shape index (κ2) is 10.5. The number of nitrogens with one attached hydrogen (secondary N) is 3. The van der Waals surface area contributed by atoms with Gasteiger partial charge in [-0.25, -0.2) is 4.98 Å². The molecule has 0 aliphatic carbocycles. The molecule has 25 heavy (non-hydrogen) atoms. The van der Waals surface area contributed by atoms with Crippen LogP contribution in [0.15, 0.2) is 27.8 Å². The number of nitrogens with zero attached hydrogens (tertiary/aromatic N) is 3. The zero-order valence-electron chi connectivity index (χ0n) is 15.5. The van der Waals surface area contributed by atoms with E-state index in [9.17, 15) is 0 Å². The number of hydrogen-bond donors (Lipinski definition) is 3. The van der Waals surface area contributed by atoms with Crippen LogP contribution in [0, 0.1) is 5.92 Å². The van der Waals surface area contributed by atoms with Crippen LogP contribution in [0.2, 0.25) is 0 Å². The molecule has 0 aliphatic rings. The van der Waals surface area contributed by atoms with Gasteiger partial charge in [0.2, 0.25) is 5.82 Å². The van der Waals surface area contributed by atoms with E-state index < -0.39 is 0 Å². The summed E-state index contributed by atoms with van der Waals surface area (Å²) >= 11 is 0. The van der Waals surface area contributed by atoms with Crippen LogP contribution in [0.5, 0.6) is 0 Å². The Hall–Kier alpha value is -2.31. The van der Waals surface area contributed by atoms with Gasteiger partial charge in [0.05, 0.1) is 6.26 Å². The van der Waals surface area contributed by atoms with Crippen LogP contribution in [0.3, 0.4) is 0 Å². The summed E-state index contributed by atoms with van der Waals surface area (Å²) in [6.07, 6.45) is 7.35. The topological polar surface area (TPSA) is 91.1 Å². The molecule has 0 radical (unpaired) electrons. The lowest BCUT2D eigenvalue weighted by molar-refractivity contribution is 0.443. The van der Waals surface area contributed by atoms with Crippen LogP contribution in [0.25, 0.3) is 11.6 Å². The fraction of sp³-hybridized carbons (Fsp3) is 0.611. The van der Waals surface area contributed by atoms with Crippen LogP contribution in [0.4, 0.5) is 0 Å². The highest BCUT2D eigenvalue weighted by molar-refractivity contribution is 5.79. The summed E-state index contributed by atoms with van der Waals surface area (Å²) in [4.78, 5) is 8.72. The summed E-state index contributed by atoms with van der Waals surface area (Å²) in [5.41, 5.74) is 0. The Morgan fingerprint density at radius 2 is 2.24 bits per heavy atom. The minimum atomic E-state index is 0.587. The van der Waals surface area contributed by atoms with Gasteiger partial charge in [-0.05, 0) is 24.5 Å². The number of guanidine groups is 1. The molecule has 7 heteroatoms. The highest BCUT2D eigenvalue weighted by Gasteiger charge is 2.09. The van der Waals surface area contributed by atoms with Gasteiger partial charge < -0.3 is 15.1 Å². The third-order valence-electron chi connectivity index (χ3n) is 4.25. The summed E-state index contributed by atoms with van der Waals surface area (Å²) in [5, 5.41) is 13.9. The highest BCUT2D eigenvalue weighted by Crippen LogP contribution is 2.14. The van der Waals surface area contributed by atoms with E-state index in [4.69, 9.17) is 4.42 Å². The van der Waals surface area contributed by atoms with E-state index in [1.54, 1.807) is 13.3 Å². The molecule has 138 valence electrons. The van der Waals surface area contributed by atoms with E-state index >= 15 is 0 Å². The monoisotopic (exact) mass is 346 g/mol. The maximum absolute atomic E-state index is 5.30. The largest absolute Gasteiger partial charge is 0.461 e. The normalized spacial score (nSPS) is 13.0. The summed E-state index contributed by atoms with van der Waals surface area (Å²) in [7, 11) is 1.80. The van der Waals surface area contributed by atoms with Crippen LogP contribution in [-0.2, 0) is 6.42 Å². The molecule has 0 aromatic carbocycles. The fourth-order valence-electron chi connectivity index (χ4n) is 2.63. The molecule has 1 atom stereocenters. The van der Waals surface area contributed by atoms with Gasteiger partial charge in [0.15, 0.2) is 11.7 Å². The Balaban J connectivity index is 1.72. The van der Waals surface area contributed by atoms with Crippen LogP contribution in [-0.4, -0.2) is 41.3 Å². The molecule has 0 aliphatic heterocycles. The van der Waals surface area contributed by atoms with Crippen molar-refractivity contribution >= 4 is 5.96 Å². The second-order valence-electron chi connectivity index (χ2n) is 6.13. The van der Waals surface area contributed by atoms with Crippen molar-refractivity contribution in [3.8, 4) is 11.6 Å². The molecule has 0 amide bonds. The predicted octanol–water partition coefficient (Wildman–Crippen LogP) is 2.99. The van der Waals surface area contributed by atoms with Crippen molar-refractivity contribution in [2.75, 3.05) is 20.1 Å². The first-order valence-electron chi connectivity index (χ1n) is 9.16. The molecule has 2 aromatic rings.